The predicted molar refractivity (Wildman–Crippen MR) is 134 cm³/mol. The second-order valence-electron chi connectivity index (χ2n) is 8.18. The monoisotopic (exact) mass is 576 g/mol. The first-order chi connectivity index (χ1) is 16.2. The Morgan fingerprint density at radius 2 is 1.79 bits per heavy atom. The first-order valence-electron chi connectivity index (χ1n) is 10.7. The van der Waals surface area contributed by atoms with Gasteiger partial charge in [0.1, 0.15) is 5.82 Å². The van der Waals surface area contributed by atoms with Gasteiger partial charge in [-0.05, 0) is 78.8 Å². The van der Waals surface area contributed by atoms with Crippen molar-refractivity contribution in [3.05, 3.63) is 63.1 Å². The quantitative estimate of drug-likeness (QED) is 0.507. The Morgan fingerprint density at radius 1 is 1.09 bits per heavy atom. The zero-order valence-corrected chi connectivity index (χ0v) is 20.7. The van der Waals surface area contributed by atoms with E-state index in [1.807, 2.05) is 22.6 Å². The summed E-state index contributed by atoms with van der Waals surface area (Å²) in [5.74, 6) is -2.17. The largest absolute Gasteiger partial charge is 0.358 e. The Hall–Kier alpha value is -3.28. The van der Waals surface area contributed by atoms with Crippen molar-refractivity contribution in [1.82, 2.24) is 4.90 Å². The van der Waals surface area contributed by atoms with E-state index >= 15 is 0 Å². The Morgan fingerprint density at radius 3 is 2.44 bits per heavy atom. The summed E-state index contributed by atoms with van der Waals surface area (Å²) in [6.45, 7) is 2.88. The number of amides is 5. The van der Waals surface area contributed by atoms with Gasteiger partial charge in [0.2, 0.25) is 11.8 Å². The van der Waals surface area contributed by atoms with E-state index in [4.69, 9.17) is 0 Å². The summed E-state index contributed by atoms with van der Waals surface area (Å²) in [5, 5.41) is 5.77. The van der Waals surface area contributed by atoms with Gasteiger partial charge in [-0.2, -0.15) is 0 Å². The van der Waals surface area contributed by atoms with Crippen LogP contribution >= 0.6 is 22.6 Å². The highest BCUT2D eigenvalue weighted by Gasteiger charge is 2.44. The molecule has 0 atom stereocenters. The number of carbonyl (C=O) groups excluding carboxylic acids is 4. The van der Waals surface area contributed by atoms with Crippen LogP contribution in [-0.4, -0.2) is 34.7 Å². The standard InChI is InChI=1S/C24H22FIN4O4/c1-13-20(28-17-5-3-4-16(11-17)27-14(2)31)12-22(32)29(18-7-8-18)24(34)30(23(13)33)21-9-6-15(26)10-19(21)25/h3-6,9-11,18,28H,7-8,12H2,1-2H3,(H,27,31)/b20-13+. The Bertz CT molecular complexity index is 1240. The normalized spacial score (nSPS) is 19.1. The summed E-state index contributed by atoms with van der Waals surface area (Å²) in [5.41, 5.74) is 1.28. The zero-order valence-electron chi connectivity index (χ0n) is 18.5. The summed E-state index contributed by atoms with van der Waals surface area (Å²) < 4.78 is 15.5. The number of rotatable bonds is 5. The van der Waals surface area contributed by atoms with Crippen LogP contribution in [0.15, 0.2) is 53.7 Å². The molecule has 1 aliphatic carbocycles. The van der Waals surface area contributed by atoms with Gasteiger partial charge >= 0.3 is 6.03 Å². The molecule has 10 heteroatoms. The van der Waals surface area contributed by atoms with E-state index in [9.17, 15) is 23.6 Å². The number of benzene rings is 2. The third kappa shape index (κ3) is 4.96. The number of halogens is 2. The lowest BCUT2D eigenvalue weighted by molar-refractivity contribution is -0.128. The number of imide groups is 2. The average molecular weight is 576 g/mol. The third-order valence-electron chi connectivity index (χ3n) is 5.51. The molecule has 4 rings (SSSR count). The molecule has 2 aromatic carbocycles. The fourth-order valence-corrected chi connectivity index (χ4v) is 4.18. The molecule has 0 aromatic heterocycles. The van der Waals surface area contributed by atoms with Crippen LogP contribution in [0.25, 0.3) is 0 Å². The summed E-state index contributed by atoms with van der Waals surface area (Å²) in [6.07, 6.45) is 1.07. The second-order valence-corrected chi connectivity index (χ2v) is 9.43. The maximum atomic E-state index is 14.9. The third-order valence-corrected chi connectivity index (χ3v) is 6.18. The van der Waals surface area contributed by atoms with Crippen LogP contribution in [0.5, 0.6) is 0 Å². The van der Waals surface area contributed by atoms with E-state index in [-0.39, 0.29) is 29.6 Å². The minimum absolute atomic E-state index is 0.111. The van der Waals surface area contributed by atoms with Gasteiger partial charge in [0.05, 0.1) is 12.1 Å². The van der Waals surface area contributed by atoms with Gasteiger partial charge in [-0.25, -0.2) is 14.1 Å². The first-order valence-corrected chi connectivity index (χ1v) is 11.7. The number of nitrogens with zero attached hydrogens (tertiary/aromatic N) is 2. The average Bonchev–Trinajstić information content (AvgIpc) is 3.58. The maximum Gasteiger partial charge on any atom is 0.338 e. The molecule has 2 aliphatic rings. The van der Waals surface area contributed by atoms with E-state index in [0.717, 1.165) is 9.80 Å². The molecule has 8 nitrogen and oxygen atoms in total. The minimum Gasteiger partial charge on any atom is -0.358 e. The van der Waals surface area contributed by atoms with Crippen molar-refractivity contribution in [3.63, 3.8) is 0 Å². The van der Waals surface area contributed by atoms with Crippen LogP contribution in [0.2, 0.25) is 0 Å². The molecule has 1 heterocycles. The fraction of sp³-hybridized carbons (Fsp3) is 0.250. The lowest BCUT2D eigenvalue weighted by Gasteiger charge is -2.32. The molecule has 5 amide bonds. The van der Waals surface area contributed by atoms with Gasteiger partial charge in [0.15, 0.2) is 0 Å². The van der Waals surface area contributed by atoms with Gasteiger partial charge < -0.3 is 10.6 Å². The van der Waals surface area contributed by atoms with Crippen LogP contribution in [0.1, 0.15) is 33.1 Å². The summed E-state index contributed by atoms with van der Waals surface area (Å²) in [7, 11) is 0. The van der Waals surface area contributed by atoms with Gasteiger partial charge in [-0.1, -0.05) is 6.07 Å². The highest BCUT2D eigenvalue weighted by molar-refractivity contribution is 14.1. The molecular formula is C24H22FIN4O4. The summed E-state index contributed by atoms with van der Waals surface area (Å²) in [4.78, 5) is 53.2. The van der Waals surface area contributed by atoms with Crippen molar-refractivity contribution in [1.29, 1.82) is 0 Å². The first kappa shape index (κ1) is 23.9. The molecule has 0 unspecified atom stereocenters. The van der Waals surface area contributed by atoms with Crippen LogP contribution < -0.4 is 15.5 Å². The number of carbonyl (C=O) groups is 4. The molecule has 1 saturated carbocycles. The topological polar surface area (TPSA) is 98.8 Å². The number of urea groups is 1. The van der Waals surface area contributed by atoms with Crippen molar-refractivity contribution < 1.29 is 23.6 Å². The lowest BCUT2D eigenvalue weighted by Crippen LogP contribution is -2.52. The Kier molecular flexibility index (Phi) is 6.69. The van der Waals surface area contributed by atoms with E-state index < -0.39 is 23.7 Å². The van der Waals surface area contributed by atoms with Gasteiger partial charge in [0, 0.05) is 39.2 Å². The van der Waals surface area contributed by atoms with Crippen molar-refractivity contribution in [2.24, 2.45) is 0 Å². The molecule has 2 aromatic rings. The number of hydrogen-bond donors (Lipinski definition) is 2. The lowest BCUT2D eigenvalue weighted by atomic mass is 10.1. The van der Waals surface area contributed by atoms with Gasteiger partial charge in [-0.15, -0.1) is 0 Å². The molecule has 0 bridgehead atoms. The molecule has 176 valence electrons. The Balaban J connectivity index is 1.77. The van der Waals surface area contributed by atoms with Crippen LogP contribution in [0, 0.1) is 9.39 Å². The van der Waals surface area contributed by atoms with Gasteiger partial charge in [-0.3, -0.25) is 19.3 Å². The molecule has 0 spiro atoms. The summed E-state index contributed by atoms with van der Waals surface area (Å²) in [6, 6.07) is 9.82. The van der Waals surface area contributed by atoms with E-state index in [0.29, 0.717) is 33.5 Å². The molecule has 34 heavy (non-hydrogen) atoms. The highest BCUT2D eigenvalue weighted by atomic mass is 127. The number of anilines is 3. The molecule has 2 N–H and O–H groups in total. The van der Waals surface area contributed by atoms with Crippen LogP contribution in [0.4, 0.5) is 26.2 Å². The van der Waals surface area contributed by atoms with E-state index in [2.05, 4.69) is 10.6 Å². The zero-order chi connectivity index (χ0) is 24.6. The molecule has 0 saturated heterocycles. The van der Waals surface area contributed by atoms with Crippen LogP contribution in [-0.2, 0) is 14.4 Å². The minimum atomic E-state index is -0.844. The second kappa shape index (κ2) is 9.53. The van der Waals surface area contributed by atoms with Crippen molar-refractivity contribution in [3.8, 4) is 0 Å². The smallest absolute Gasteiger partial charge is 0.338 e. The molecule has 1 fully saturated rings. The van der Waals surface area contributed by atoms with Crippen LogP contribution in [0.3, 0.4) is 0 Å². The van der Waals surface area contributed by atoms with Crippen molar-refractivity contribution in [2.75, 3.05) is 15.5 Å². The Labute approximate surface area is 209 Å². The van der Waals surface area contributed by atoms with Crippen molar-refractivity contribution in [2.45, 2.75) is 39.2 Å². The van der Waals surface area contributed by atoms with E-state index in [1.54, 1.807) is 30.3 Å². The number of hydrogen-bond acceptors (Lipinski definition) is 5. The van der Waals surface area contributed by atoms with Crippen molar-refractivity contribution >= 4 is 63.4 Å². The molecule has 1 aliphatic heterocycles. The fourth-order valence-electron chi connectivity index (χ4n) is 3.72. The molecular weight excluding hydrogens is 554 g/mol. The SMILES string of the molecule is CC(=O)Nc1cccc(N/C2=C(\C)C(=O)N(c3ccc(I)cc3F)C(=O)N(C3CC3)C(=O)C2)c1. The summed E-state index contributed by atoms with van der Waals surface area (Å²) >= 11 is 1.94. The molecule has 0 radical (unpaired) electrons. The maximum absolute atomic E-state index is 14.9. The van der Waals surface area contributed by atoms with Gasteiger partial charge in [0.25, 0.3) is 5.91 Å². The highest BCUT2D eigenvalue weighted by Crippen LogP contribution is 2.34. The predicted octanol–water partition coefficient (Wildman–Crippen LogP) is 4.62. The van der Waals surface area contributed by atoms with E-state index in [1.165, 1.54) is 26.0 Å². The number of nitrogens with one attached hydrogen (secondary N) is 2.